The highest BCUT2D eigenvalue weighted by Gasteiger charge is 2.20. The van der Waals surface area contributed by atoms with Gasteiger partial charge >= 0.3 is 5.97 Å². The van der Waals surface area contributed by atoms with Gasteiger partial charge in [0.25, 0.3) is 0 Å². The molecule has 0 aliphatic carbocycles. The maximum absolute atomic E-state index is 12.1. The maximum atomic E-state index is 12.1. The van der Waals surface area contributed by atoms with E-state index in [2.05, 4.69) is 9.84 Å². The third-order valence-corrected chi connectivity index (χ3v) is 2.33. The number of rotatable bonds is 5. The van der Waals surface area contributed by atoms with Crippen LogP contribution in [0.2, 0.25) is 0 Å². The van der Waals surface area contributed by atoms with Gasteiger partial charge in [-0.15, -0.1) is 0 Å². The van der Waals surface area contributed by atoms with E-state index in [9.17, 15) is 9.18 Å². The molecule has 0 atom stereocenters. The van der Waals surface area contributed by atoms with Crippen LogP contribution in [0, 0.1) is 0 Å². The Bertz CT molecular complexity index is 376. The number of aromatic nitrogens is 2. The average Bonchev–Trinajstić information content (AvgIpc) is 2.62. The van der Waals surface area contributed by atoms with Crippen LogP contribution in [0.4, 0.5) is 10.2 Å². The van der Waals surface area contributed by atoms with Gasteiger partial charge < -0.3 is 10.5 Å². The van der Waals surface area contributed by atoms with E-state index in [0.29, 0.717) is 30.8 Å². The fraction of sp³-hybridized carbons (Fsp3) is 0.600. The molecule has 0 aliphatic heterocycles. The van der Waals surface area contributed by atoms with Crippen molar-refractivity contribution in [3.63, 3.8) is 0 Å². The van der Waals surface area contributed by atoms with Gasteiger partial charge in [-0.1, -0.05) is 0 Å². The van der Waals surface area contributed by atoms with E-state index < -0.39 is 12.6 Å². The van der Waals surface area contributed by atoms with Crippen molar-refractivity contribution in [3.05, 3.63) is 11.3 Å². The second-order valence-electron chi connectivity index (χ2n) is 3.31. The van der Waals surface area contributed by atoms with Gasteiger partial charge in [0, 0.05) is 12.1 Å². The van der Waals surface area contributed by atoms with E-state index in [-0.39, 0.29) is 5.69 Å². The first-order valence-corrected chi connectivity index (χ1v) is 5.15. The van der Waals surface area contributed by atoms with Crippen molar-refractivity contribution in [3.8, 4) is 0 Å². The molecule has 0 saturated heterocycles. The topological polar surface area (TPSA) is 70.1 Å². The Morgan fingerprint density at radius 2 is 2.31 bits per heavy atom. The summed E-state index contributed by atoms with van der Waals surface area (Å²) in [7, 11) is 1.28. The zero-order valence-electron chi connectivity index (χ0n) is 9.49. The largest absolute Gasteiger partial charge is 0.464 e. The van der Waals surface area contributed by atoms with Gasteiger partial charge in [-0.05, 0) is 19.8 Å². The number of alkyl halides is 1. The quantitative estimate of drug-likeness (QED) is 0.769. The van der Waals surface area contributed by atoms with Crippen LogP contribution in [-0.2, 0) is 17.7 Å². The number of anilines is 1. The first kappa shape index (κ1) is 12.5. The molecule has 0 aliphatic rings. The molecule has 2 N–H and O–H groups in total. The lowest BCUT2D eigenvalue weighted by molar-refractivity contribution is 0.0591. The van der Waals surface area contributed by atoms with E-state index in [0.717, 1.165) is 0 Å². The molecule has 1 aromatic rings. The van der Waals surface area contributed by atoms with Crippen molar-refractivity contribution in [1.82, 2.24) is 9.78 Å². The number of carbonyl (C=O) groups is 1. The lowest BCUT2D eigenvalue weighted by atomic mass is 10.1. The summed E-state index contributed by atoms with van der Waals surface area (Å²) in [4.78, 5) is 11.4. The molecule has 0 radical (unpaired) electrons. The molecule has 1 heterocycles. The van der Waals surface area contributed by atoms with Crippen LogP contribution in [0.5, 0.6) is 0 Å². The van der Waals surface area contributed by atoms with Crippen molar-refractivity contribution >= 4 is 11.8 Å². The normalized spacial score (nSPS) is 10.4. The lowest BCUT2D eigenvalue weighted by Gasteiger charge is -2.01. The van der Waals surface area contributed by atoms with Gasteiger partial charge in [-0.2, -0.15) is 5.10 Å². The summed E-state index contributed by atoms with van der Waals surface area (Å²) in [5, 5.41) is 4.05. The molecule has 0 saturated carbocycles. The van der Waals surface area contributed by atoms with Crippen molar-refractivity contribution in [1.29, 1.82) is 0 Å². The molecule has 6 heteroatoms. The predicted molar refractivity (Wildman–Crippen MR) is 57.9 cm³/mol. The number of nitrogens with two attached hydrogens (primary N) is 1. The second kappa shape index (κ2) is 5.48. The zero-order chi connectivity index (χ0) is 12.1. The summed E-state index contributed by atoms with van der Waals surface area (Å²) in [6.45, 7) is 1.98. The van der Waals surface area contributed by atoms with Crippen LogP contribution in [0.15, 0.2) is 0 Å². The number of nitrogen functional groups attached to an aromatic ring is 1. The number of methoxy groups -OCH3 is 1. The van der Waals surface area contributed by atoms with Crippen molar-refractivity contribution in [2.75, 3.05) is 19.5 Å². The Hall–Kier alpha value is -1.59. The van der Waals surface area contributed by atoms with Crippen molar-refractivity contribution in [2.24, 2.45) is 0 Å². The number of hydrogen-bond donors (Lipinski definition) is 1. The van der Waals surface area contributed by atoms with E-state index in [1.165, 1.54) is 11.8 Å². The number of carbonyl (C=O) groups excluding carboxylic acids is 1. The summed E-state index contributed by atoms with van der Waals surface area (Å²) in [5.41, 5.74) is 6.58. The summed E-state index contributed by atoms with van der Waals surface area (Å²) in [6.07, 6.45) is 0.719. The fourth-order valence-electron chi connectivity index (χ4n) is 1.50. The Morgan fingerprint density at radius 1 is 1.62 bits per heavy atom. The second-order valence-corrected chi connectivity index (χ2v) is 3.31. The Morgan fingerprint density at radius 3 is 2.81 bits per heavy atom. The predicted octanol–water partition coefficient (Wildman–Crippen LogP) is 1.17. The Balaban J connectivity index is 3.08. The molecule has 0 aromatic carbocycles. The van der Waals surface area contributed by atoms with E-state index in [1.807, 2.05) is 6.92 Å². The van der Waals surface area contributed by atoms with Crippen LogP contribution in [0.1, 0.15) is 29.4 Å². The van der Waals surface area contributed by atoms with E-state index in [1.54, 1.807) is 0 Å². The van der Waals surface area contributed by atoms with Crippen LogP contribution in [0.25, 0.3) is 0 Å². The number of esters is 1. The minimum absolute atomic E-state index is 0.190. The highest BCUT2D eigenvalue weighted by atomic mass is 19.1. The van der Waals surface area contributed by atoms with Gasteiger partial charge in [0.15, 0.2) is 5.69 Å². The monoisotopic (exact) mass is 229 g/mol. The molecule has 0 amide bonds. The van der Waals surface area contributed by atoms with Gasteiger partial charge in [0.05, 0.1) is 13.8 Å². The third-order valence-electron chi connectivity index (χ3n) is 2.33. The molecule has 16 heavy (non-hydrogen) atoms. The Labute approximate surface area is 93.4 Å². The van der Waals surface area contributed by atoms with Crippen LogP contribution >= 0.6 is 0 Å². The molecule has 1 aromatic heterocycles. The molecule has 0 spiro atoms. The van der Waals surface area contributed by atoms with Gasteiger partial charge in [-0.3, -0.25) is 4.39 Å². The summed E-state index contributed by atoms with van der Waals surface area (Å²) in [5.74, 6) is -0.121. The molecule has 1 rings (SSSR count). The number of halogens is 1. The third kappa shape index (κ3) is 2.32. The first-order chi connectivity index (χ1) is 7.65. The van der Waals surface area contributed by atoms with Gasteiger partial charge in [0.1, 0.15) is 5.82 Å². The highest BCUT2D eigenvalue weighted by molar-refractivity contribution is 5.90. The zero-order valence-corrected chi connectivity index (χ0v) is 9.49. The minimum Gasteiger partial charge on any atom is -0.464 e. The fourth-order valence-corrected chi connectivity index (χ4v) is 1.50. The van der Waals surface area contributed by atoms with Crippen molar-refractivity contribution in [2.45, 2.75) is 26.3 Å². The van der Waals surface area contributed by atoms with Gasteiger partial charge in [-0.25, -0.2) is 9.48 Å². The molecular formula is C10H16FN3O2. The van der Waals surface area contributed by atoms with Crippen molar-refractivity contribution < 1.29 is 13.9 Å². The maximum Gasteiger partial charge on any atom is 0.358 e. The Kier molecular flexibility index (Phi) is 4.28. The molecule has 90 valence electrons. The summed E-state index contributed by atoms with van der Waals surface area (Å²) < 4.78 is 18.2. The SMILES string of the molecule is CCn1nc(C(=O)OC)c(CCCF)c1N. The number of ether oxygens (including phenoxy) is 1. The lowest BCUT2D eigenvalue weighted by Crippen LogP contribution is -2.06. The van der Waals surface area contributed by atoms with E-state index in [4.69, 9.17) is 5.73 Å². The first-order valence-electron chi connectivity index (χ1n) is 5.15. The number of hydrogen-bond acceptors (Lipinski definition) is 4. The average molecular weight is 229 g/mol. The van der Waals surface area contributed by atoms with Crippen LogP contribution < -0.4 is 5.73 Å². The van der Waals surface area contributed by atoms with Crippen LogP contribution in [-0.4, -0.2) is 29.5 Å². The summed E-state index contributed by atoms with van der Waals surface area (Å²) in [6, 6.07) is 0. The standard InChI is InChI=1S/C10H16FN3O2/c1-3-14-9(12)7(5-4-6-11)8(13-14)10(15)16-2/h3-6,12H2,1-2H3. The molecule has 0 bridgehead atoms. The van der Waals surface area contributed by atoms with E-state index >= 15 is 0 Å². The molecule has 0 fully saturated rings. The van der Waals surface area contributed by atoms with Gasteiger partial charge in [0.2, 0.25) is 0 Å². The molecule has 5 nitrogen and oxygen atoms in total. The number of nitrogens with zero attached hydrogens (tertiary/aromatic N) is 2. The summed E-state index contributed by atoms with van der Waals surface area (Å²) >= 11 is 0. The molecular weight excluding hydrogens is 213 g/mol. The smallest absolute Gasteiger partial charge is 0.358 e. The minimum atomic E-state index is -0.534. The molecule has 0 unspecified atom stereocenters. The van der Waals surface area contributed by atoms with Crippen LogP contribution in [0.3, 0.4) is 0 Å². The number of aryl methyl sites for hydroxylation is 1. The highest BCUT2D eigenvalue weighted by Crippen LogP contribution is 2.19.